The van der Waals surface area contributed by atoms with E-state index >= 15 is 0 Å². The Kier molecular flexibility index (Phi) is 2.75. The fraction of sp³-hybridized carbons (Fsp3) is 0. The average Bonchev–Trinajstić information content (AvgIpc) is 3.04. The highest BCUT2D eigenvalue weighted by Crippen LogP contribution is 2.26. The molecule has 0 amide bonds. The molecule has 0 saturated heterocycles. The molecule has 0 bridgehead atoms. The van der Waals surface area contributed by atoms with Crippen molar-refractivity contribution >= 4 is 10.8 Å². The highest BCUT2D eigenvalue weighted by molar-refractivity contribution is 5.90. The van der Waals surface area contributed by atoms with Crippen LogP contribution in [0, 0.1) is 0 Å². The minimum absolute atomic E-state index is 0.854. The Labute approximate surface area is 122 Å². The standard InChI is InChI=1S/C18H13N3/c1-2-8-15(9-3-1)18-20-19-13-21(18)17-12-6-10-14-7-4-5-11-16(14)17/h1-13H. The van der Waals surface area contributed by atoms with Crippen LogP contribution < -0.4 is 0 Å². The smallest absolute Gasteiger partial charge is 0.168 e. The molecular formula is C18H13N3. The van der Waals surface area contributed by atoms with E-state index in [9.17, 15) is 0 Å². The molecule has 3 heteroatoms. The second kappa shape index (κ2) is 4.87. The first kappa shape index (κ1) is 11.9. The van der Waals surface area contributed by atoms with Crippen molar-refractivity contribution in [1.29, 1.82) is 0 Å². The van der Waals surface area contributed by atoms with Crippen LogP contribution in [0.4, 0.5) is 0 Å². The molecule has 0 aliphatic heterocycles. The maximum atomic E-state index is 4.28. The summed E-state index contributed by atoms with van der Waals surface area (Å²) in [6.07, 6.45) is 1.77. The van der Waals surface area contributed by atoms with Crippen molar-refractivity contribution in [2.45, 2.75) is 0 Å². The number of aromatic nitrogens is 3. The maximum Gasteiger partial charge on any atom is 0.168 e. The van der Waals surface area contributed by atoms with Gasteiger partial charge in [-0.15, -0.1) is 10.2 Å². The van der Waals surface area contributed by atoms with Crippen LogP contribution in [0.25, 0.3) is 27.8 Å². The van der Waals surface area contributed by atoms with Gasteiger partial charge in [0, 0.05) is 10.9 Å². The van der Waals surface area contributed by atoms with E-state index in [-0.39, 0.29) is 0 Å². The summed E-state index contributed by atoms with van der Waals surface area (Å²) < 4.78 is 2.04. The Morgan fingerprint density at radius 3 is 2.38 bits per heavy atom. The largest absolute Gasteiger partial charge is 0.281 e. The third-order valence-corrected chi connectivity index (χ3v) is 3.61. The van der Waals surface area contributed by atoms with Gasteiger partial charge in [-0.25, -0.2) is 0 Å². The molecule has 3 nitrogen and oxygen atoms in total. The summed E-state index contributed by atoms with van der Waals surface area (Å²) in [7, 11) is 0. The van der Waals surface area contributed by atoms with Crippen LogP contribution in [0.15, 0.2) is 79.1 Å². The zero-order chi connectivity index (χ0) is 14.1. The first-order valence-corrected chi connectivity index (χ1v) is 6.87. The van der Waals surface area contributed by atoms with E-state index in [1.165, 1.54) is 10.8 Å². The topological polar surface area (TPSA) is 30.7 Å². The molecular weight excluding hydrogens is 258 g/mol. The second-order valence-corrected chi connectivity index (χ2v) is 4.89. The molecule has 0 unspecified atom stereocenters. The third-order valence-electron chi connectivity index (χ3n) is 3.61. The van der Waals surface area contributed by atoms with Crippen LogP contribution in [0.3, 0.4) is 0 Å². The first-order valence-electron chi connectivity index (χ1n) is 6.87. The van der Waals surface area contributed by atoms with Crippen molar-refractivity contribution in [2.24, 2.45) is 0 Å². The summed E-state index contributed by atoms with van der Waals surface area (Å²) in [6, 6.07) is 24.7. The molecule has 4 aromatic rings. The first-order chi connectivity index (χ1) is 10.4. The number of hydrogen-bond donors (Lipinski definition) is 0. The van der Waals surface area contributed by atoms with E-state index in [2.05, 4.69) is 52.7 Å². The van der Waals surface area contributed by atoms with Crippen LogP contribution in [0.1, 0.15) is 0 Å². The summed E-state index contributed by atoms with van der Waals surface area (Å²) in [5, 5.41) is 10.8. The zero-order valence-electron chi connectivity index (χ0n) is 11.3. The summed E-state index contributed by atoms with van der Waals surface area (Å²) in [5.41, 5.74) is 2.15. The van der Waals surface area contributed by atoms with E-state index in [1.807, 2.05) is 34.9 Å². The van der Waals surface area contributed by atoms with Gasteiger partial charge in [0.05, 0.1) is 5.69 Å². The molecule has 3 aromatic carbocycles. The minimum Gasteiger partial charge on any atom is -0.281 e. The highest BCUT2D eigenvalue weighted by Gasteiger charge is 2.10. The van der Waals surface area contributed by atoms with Crippen molar-refractivity contribution in [1.82, 2.24) is 14.8 Å². The lowest BCUT2D eigenvalue weighted by Gasteiger charge is -2.10. The SMILES string of the molecule is c1ccc(-c2nncn2-c2cccc3ccccc23)cc1. The van der Waals surface area contributed by atoms with Gasteiger partial charge in [0.2, 0.25) is 0 Å². The van der Waals surface area contributed by atoms with Crippen LogP contribution in [-0.4, -0.2) is 14.8 Å². The fourth-order valence-electron chi connectivity index (χ4n) is 2.61. The number of hydrogen-bond acceptors (Lipinski definition) is 2. The molecule has 0 atom stereocenters. The van der Waals surface area contributed by atoms with Gasteiger partial charge in [-0.1, -0.05) is 66.7 Å². The summed E-state index contributed by atoms with van der Waals surface area (Å²) >= 11 is 0. The fourth-order valence-corrected chi connectivity index (χ4v) is 2.61. The molecule has 100 valence electrons. The molecule has 0 N–H and O–H groups in total. The van der Waals surface area contributed by atoms with Crippen molar-refractivity contribution in [3.05, 3.63) is 79.1 Å². The molecule has 0 saturated carbocycles. The van der Waals surface area contributed by atoms with Crippen molar-refractivity contribution in [3.8, 4) is 17.1 Å². The van der Waals surface area contributed by atoms with Crippen LogP contribution in [0.5, 0.6) is 0 Å². The molecule has 0 spiro atoms. The minimum atomic E-state index is 0.854. The summed E-state index contributed by atoms with van der Waals surface area (Å²) in [6.45, 7) is 0. The van der Waals surface area contributed by atoms with Gasteiger partial charge in [0.1, 0.15) is 6.33 Å². The van der Waals surface area contributed by atoms with Crippen molar-refractivity contribution in [2.75, 3.05) is 0 Å². The Morgan fingerprint density at radius 1 is 0.714 bits per heavy atom. The Hall–Kier alpha value is -2.94. The predicted octanol–water partition coefficient (Wildman–Crippen LogP) is 4.09. The molecule has 0 radical (unpaired) electrons. The molecule has 0 aliphatic rings. The third kappa shape index (κ3) is 1.99. The van der Waals surface area contributed by atoms with Gasteiger partial charge in [0.25, 0.3) is 0 Å². The number of fused-ring (bicyclic) bond motifs is 1. The lowest BCUT2D eigenvalue weighted by molar-refractivity contribution is 1.07. The number of nitrogens with zero attached hydrogens (tertiary/aromatic N) is 3. The van der Waals surface area contributed by atoms with Crippen LogP contribution >= 0.6 is 0 Å². The molecule has 0 aliphatic carbocycles. The number of rotatable bonds is 2. The normalized spacial score (nSPS) is 10.9. The lowest BCUT2D eigenvalue weighted by atomic mass is 10.1. The molecule has 21 heavy (non-hydrogen) atoms. The van der Waals surface area contributed by atoms with Gasteiger partial charge in [-0.2, -0.15) is 0 Å². The van der Waals surface area contributed by atoms with E-state index in [0.29, 0.717) is 0 Å². The van der Waals surface area contributed by atoms with Gasteiger partial charge in [-0.3, -0.25) is 4.57 Å². The van der Waals surface area contributed by atoms with E-state index in [4.69, 9.17) is 0 Å². The Balaban J connectivity index is 1.97. The molecule has 4 rings (SSSR count). The Morgan fingerprint density at radius 2 is 1.48 bits per heavy atom. The van der Waals surface area contributed by atoms with Gasteiger partial charge in [0.15, 0.2) is 5.82 Å². The second-order valence-electron chi connectivity index (χ2n) is 4.89. The number of benzene rings is 3. The van der Waals surface area contributed by atoms with E-state index in [1.54, 1.807) is 6.33 Å². The van der Waals surface area contributed by atoms with Crippen LogP contribution in [-0.2, 0) is 0 Å². The van der Waals surface area contributed by atoms with E-state index < -0.39 is 0 Å². The molecule has 0 fully saturated rings. The van der Waals surface area contributed by atoms with Gasteiger partial charge in [-0.05, 0) is 11.5 Å². The molecule has 1 aromatic heterocycles. The van der Waals surface area contributed by atoms with Crippen molar-refractivity contribution in [3.63, 3.8) is 0 Å². The Bertz CT molecular complexity index is 889. The lowest BCUT2D eigenvalue weighted by Crippen LogP contribution is -1.97. The summed E-state index contributed by atoms with van der Waals surface area (Å²) in [5.74, 6) is 0.854. The van der Waals surface area contributed by atoms with E-state index in [0.717, 1.165) is 17.1 Å². The molecule has 1 heterocycles. The predicted molar refractivity (Wildman–Crippen MR) is 84.3 cm³/mol. The van der Waals surface area contributed by atoms with Crippen LogP contribution in [0.2, 0.25) is 0 Å². The monoisotopic (exact) mass is 271 g/mol. The quantitative estimate of drug-likeness (QED) is 0.550. The van der Waals surface area contributed by atoms with Crippen molar-refractivity contribution < 1.29 is 0 Å². The van der Waals surface area contributed by atoms with Gasteiger partial charge < -0.3 is 0 Å². The zero-order valence-corrected chi connectivity index (χ0v) is 11.3. The van der Waals surface area contributed by atoms with Gasteiger partial charge >= 0.3 is 0 Å². The maximum absolute atomic E-state index is 4.28. The highest BCUT2D eigenvalue weighted by atomic mass is 15.3. The summed E-state index contributed by atoms with van der Waals surface area (Å²) in [4.78, 5) is 0. The average molecular weight is 271 g/mol.